The smallest absolute Gasteiger partial charge is 0.251 e. The van der Waals surface area contributed by atoms with Gasteiger partial charge in [-0.2, -0.15) is 0 Å². The van der Waals surface area contributed by atoms with Crippen molar-refractivity contribution in [3.05, 3.63) is 70.8 Å². The lowest BCUT2D eigenvalue weighted by Crippen LogP contribution is -2.37. The second kappa shape index (κ2) is 8.59. The summed E-state index contributed by atoms with van der Waals surface area (Å²) < 4.78 is 0. The zero-order chi connectivity index (χ0) is 21.1. The first kappa shape index (κ1) is 20.0. The lowest BCUT2D eigenvalue weighted by Gasteiger charge is -2.23. The molecule has 1 amide bonds. The van der Waals surface area contributed by atoms with Gasteiger partial charge in [0.2, 0.25) is 5.91 Å². The van der Waals surface area contributed by atoms with E-state index in [-0.39, 0.29) is 17.5 Å². The van der Waals surface area contributed by atoms with Crippen LogP contribution in [0.4, 0.5) is 0 Å². The Labute approximate surface area is 175 Å². The predicted molar refractivity (Wildman–Crippen MR) is 116 cm³/mol. The molecule has 7 nitrogen and oxygen atoms in total. The minimum Gasteiger partial charge on any atom is -0.342 e. The van der Waals surface area contributed by atoms with E-state index in [1.165, 1.54) is 11.6 Å². The van der Waals surface area contributed by atoms with Crippen LogP contribution < -0.4 is 5.56 Å². The van der Waals surface area contributed by atoms with Crippen molar-refractivity contribution in [3.63, 3.8) is 0 Å². The topological polar surface area (TPSA) is 82.2 Å². The van der Waals surface area contributed by atoms with Crippen molar-refractivity contribution in [2.24, 2.45) is 0 Å². The van der Waals surface area contributed by atoms with E-state index in [1.807, 2.05) is 36.2 Å². The van der Waals surface area contributed by atoms with Crippen LogP contribution in [-0.2, 0) is 11.3 Å². The number of likely N-dealkylation sites (tertiary alicyclic amines) is 1. The number of aromatic nitrogens is 3. The molecule has 1 aliphatic heterocycles. The molecule has 0 spiro atoms. The Kier molecular flexibility index (Phi) is 5.72. The van der Waals surface area contributed by atoms with Gasteiger partial charge >= 0.3 is 0 Å². The molecule has 7 heteroatoms. The van der Waals surface area contributed by atoms with Gasteiger partial charge in [0.25, 0.3) is 5.56 Å². The average molecular weight is 403 g/mol. The molecular formula is C23H25N5O2. The summed E-state index contributed by atoms with van der Waals surface area (Å²) in [5.74, 6) is 0.659. The molecule has 1 unspecified atom stereocenters. The predicted octanol–water partition coefficient (Wildman–Crippen LogP) is 2.55. The van der Waals surface area contributed by atoms with E-state index < -0.39 is 0 Å². The fourth-order valence-electron chi connectivity index (χ4n) is 3.82. The van der Waals surface area contributed by atoms with Gasteiger partial charge in [-0.15, -0.1) is 0 Å². The van der Waals surface area contributed by atoms with Crippen LogP contribution in [0, 0.1) is 0 Å². The third-order valence-corrected chi connectivity index (χ3v) is 5.64. The Bertz CT molecular complexity index is 1080. The lowest BCUT2D eigenvalue weighted by molar-refractivity contribution is -0.129. The molecule has 0 bridgehead atoms. The molecule has 0 radical (unpaired) electrons. The SMILES string of the molecule is CC(=O)N(C)C1CCN(Cc2ccc(-c3nc(-c4ccncc4)cc(=O)[nH]3)cc2)C1. The van der Waals surface area contributed by atoms with Crippen LogP contribution in [0.1, 0.15) is 18.9 Å². The highest BCUT2D eigenvalue weighted by molar-refractivity contribution is 5.73. The summed E-state index contributed by atoms with van der Waals surface area (Å²) in [5, 5.41) is 0. The normalized spacial score (nSPS) is 16.5. The maximum absolute atomic E-state index is 12.1. The highest BCUT2D eigenvalue weighted by Gasteiger charge is 2.26. The van der Waals surface area contributed by atoms with Crippen LogP contribution in [0.5, 0.6) is 0 Å². The van der Waals surface area contributed by atoms with Crippen molar-refractivity contribution in [1.29, 1.82) is 0 Å². The Morgan fingerprint density at radius 1 is 1.17 bits per heavy atom. The zero-order valence-electron chi connectivity index (χ0n) is 17.2. The van der Waals surface area contributed by atoms with Gasteiger partial charge in [0.1, 0.15) is 5.82 Å². The van der Waals surface area contributed by atoms with Gasteiger partial charge in [0.15, 0.2) is 0 Å². The molecule has 0 aliphatic carbocycles. The standard InChI is InChI=1S/C23H25N5O2/c1-16(29)27(2)20-9-12-28(15-20)14-17-3-5-19(6-4-17)23-25-21(13-22(30)26-23)18-7-10-24-11-8-18/h3-8,10-11,13,20H,9,12,14-15H2,1-2H3,(H,25,26,30). The summed E-state index contributed by atoms with van der Waals surface area (Å²) in [7, 11) is 1.87. The van der Waals surface area contributed by atoms with Crippen molar-refractivity contribution >= 4 is 5.91 Å². The molecule has 1 saturated heterocycles. The van der Waals surface area contributed by atoms with Gasteiger partial charge < -0.3 is 9.88 Å². The maximum atomic E-state index is 12.1. The minimum absolute atomic E-state index is 0.113. The number of hydrogen-bond acceptors (Lipinski definition) is 5. The fourth-order valence-corrected chi connectivity index (χ4v) is 3.82. The lowest BCUT2D eigenvalue weighted by atomic mass is 10.1. The molecule has 4 rings (SSSR count). The van der Waals surface area contributed by atoms with Crippen molar-refractivity contribution in [2.45, 2.75) is 25.9 Å². The minimum atomic E-state index is -0.186. The number of rotatable bonds is 5. The molecule has 3 heterocycles. The van der Waals surface area contributed by atoms with Crippen molar-refractivity contribution in [2.75, 3.05) is 20.1 Å². The van der Waals surface area contributed by atoms with E-state index in [1.54, 1.807) is 19.3 Å². The van der Waals surface area contributed by atoms with E-state index in [0.717, 1.165) is 37.2 Å². The zero-order valence-corrected chi connectivity index (χ0v) is 17.2. The summed E-state index contributed by atoms with van der Waals surface area (Å²) in [6, 6.07) is 13.6. The summed E-state index contributed by atoms with van der Waals surface area (Å²) in [6.07, 6.45) is 4.37. The van der Waals surface area contributed by atoms with Crippen LogP contribution in [0.2, 0.25) is 0 Å². The van der Waals surface area contributed by atoms with Gasteiger partial charge in [0, 0.05) is 69.2 Å². The van der Waals surface area contributed by atoms with Gasteiger partial charge in [-0.25, -0.2) is 4.98 Å². The second-order valence-electron chi connectivity index (χ2n) is 7.72. The molecule has 1 aliphatic rings. The summed E-state index contributed by atoms with van der Waals surface area (Å²) >= 11 is 0. The summed E-state index contributed by atoms with van der Waals surface area (Å²) in [4.78, 5) is 39.4. The number of hydrogen-bond donors (Lipinski definition) is 1. The molecule has 1 N–H and O–H groups in total. The Morgan fingerprint density at radius 3 is 2.60 bits per heavy atom. The third kappa shape index (κ3) is 4.46. The molecule has 2 aromatic heterocycles. The Balaban J connectivity index is 1.47. The first-order valence-corrected chi connectivity index (χ1v) is 10.1. The largest absolute Gasteiger partial charge is 0.342 e. The molecule has 0 saturated carbocycles. The van der Waals surface area contributed by atoms with Crippen LogP contribution in [-0.4, -0.2) is 56.8 Å². The van der Waals surface area contributed by atoms with Crippen molar-refractivity contribution in [1.82, 2.24) is 24.8 Å². The Morgan fingerprint density at radius 2 is 1.90 bits per heavy atom. The summed E-state index contributed by atoms with van der Waals surface area (Å²) in [5.41, 5.74) is 3.35. The van der Waals surface area contributed by atoms with Gasteiger partial charge in [0.05, 0.1) is 5.69 Å². The van der Waals surface area contributed by atoms with Crippen LogP contribution in [0.3, 0.4) is 0 Å². The van der Waals surface area contributed by atoms with Crippen LogP contribution in [0.15, 0.2) is 59.7 Å². The molecule has 154 valence electrons. The highest BCUT2D eigenvalue weighted by Crippen LogP contribution is 2.21. The monoisotopic (exact) mass is 403 g/mol. The first-order valence-electron chi connectivity index (χ1n) is 10.1. The first-order chi connectivity index (χ1) is 14.5. The highest BCUT2D eigenvalue weighted by atomic mass is 16.2. The van der Waals surface area contributed by atoms with E-state index >= 15 is 0 Å². The number of amides is 1. The molecule has 30 heavy (non-hydrogen) atoms. The number of H-pyrrole nitrogens is 1. The van der Waals surface area contributed by atoms with Gasteiger partial charge in [-0.3, -0.25) is 19.5 Å². The molecule has 1 atom stereocenters. The number of nitrogens with zero attached hydrogens (tertiary/aromatic N) is 4. The molecular weight excluding hydrogens is 378 g/mol. The van der Waals surface area contributed by atoms with Crippen LogP contribution in [0.25, 0.3) is 22.6 Å². The number of pyridine rings is 1. The fraction of sp³-hybridized carbons (Fsp3) is 0.304. The number of carbonyl (C=O) groups excluding carboxylic acids is 1. The van der Waals surface area contributed by atoms with E-state index in [2.05, 4.69) is 32.0 Å². The van der Waals surface area contributed by atoms with Crippen LogP contribution >= 0.6 is 0 Å². The summed E-state index contributed by atoms with van der Waals surface area (Å²) in [6.45, 7) is 4.32. The van der Waals surface area contributed by atoms with Gasteiger partial charge in [-0.05, 0) is 24.1 Å². The third-order valence-electron chi connectivity index (χ3n) is 5.64. The number of carbonyl (C=O) groups is 1. The van der Waals surface area contributed by atoms with E-state index in [4.69, 9.17) is 0 Å². The second-order valence-corrected chi connectivity index (χ2v) is 7.72. The molecule has 1 fully saturated rings. The quantitative estimate of drug-likeness (QED) is 0.708. The molecule has 3 aromatic rings. The van der Waals surface area contributed by atoms with Crippen molar-refractivity contribution < 1.29 is 4.79 Å². The maximum Gasteiger partial charge on any atom is 0.251 e. The number of likely N-dealkylation sites (N-methyl/N-ethyl adjacent to an activating group) is 1. The number of nitrogens with one attached hydrogen (secondary N) is 1. The van der Waals surface area contributed by atoms with Gasteiger partial charge in [-0.1, -0.05) is 24.3 Å². The number of benzene rings is 1. The van der Waals surface area contributed by atoms with E-state index in [9.17, 15) is 9.59 Å². The average Bonchev–Trinajstić information content (AvgIpc) is 3.22. The number of aromatic amines is 1. The molecule has 1 aromatic carbocycles. The van der Waals surface area contributed by atoms with Crippen molar-refractivity contribution in [3.8, 4) is 22.6 Å². The Hall–Kier alpha value is -3.32. The van der Waals surface area contributed by atoms with E-state index in [0.29, 0.717) is 11.5 Å².